The van der Waals surface area contributed by atoms with E-state index in [-0.39, 0.29) is 6.23 Å². The van der Waals surface area contributed by atoms with Crippen molar-refractivity contribution in [3.8, 4) is 11.6 Å². The molecule has 0 aliphatic carbocycles. The number of aromatic nitrogens is 1. The summed E-state index contributed by atoms with van der Waals surface area (Å²) in [7, 11) is 1.65. The average molecular weight is 228 g/mol. The first kappa shape index (κ1) is 9.96. The highest BCUT2D eigenvalue weighted by Gasteiger charge is 2.23. The molecule has 1 atom stereocenters. The van der Waals surface area contributed by atoms with Crippen LogP contribution < -0.4 is 14.8 Å². The highest BCUT2D eigenvalue weighted by atomic mass is 16.5. The van der Waals surface area contributed by atoms with E-state index >= 15 is 0 Å². The van der Waals surface area contributed by atoms with Crippen LogP contribution in [0.2, 0.25) is 0 Å². The first-order valence-electron chi connectivity index (χ1n) is 5.39. The molecule has 17 heavy (non-hydrogen) atoms. The third kappa shape index (κ3) is 1.78. The molecule has 1 aromatic heterocycles. The zero-order chi connectivity index (χ0) is 11.7. The van der Waals surface area contributed by atoms with Crippen molar-refractivity contribution < 1.29 is 9.47 Å². The summed E-state index contributed by atoms with van der Waals surface area (Å²) in [6.07, 6.45) is 1.54. The Labute approximate surface area is 99.2 Å². The maximum absolute atomic E-state index is 5.70. The van der Waals surface area contributed by atoms with Crippen LogP contribution in [-0.2, 0) is 0 Å². The molecule has 86 valence electrons. The van der Waals surface area contributed by atoms with Gasteiger partial charge in [0.25, 0.3) is 0 Å². The minimum absolute atomic E-state index is 0.175. The van der Waals surface area contributed by atoms with Gasteiger partial charge in [0.15, 0.2) is 6.23 Å². The fourth-order valence-corrected chi connectivity index (χ4v) is 1.81. The number of methoxy groups -OCH3 is 1. The quantitative estimate of drug-likeness (QED) is 0.858. The second-order valence-corrected chi connectivity index (χ2v) is 3.77. The molecule has 0 saturated heterocycles. The van der Waals surface area contributed by atoms with Gasteiger partial charge in [-0.15, -0.1) is 0 Å². The van der Waals surface area contributed by atoms with Crippen molar-refractivity contribution in [3.05, 3.63) is 48.2 Å². The van der Waals surface area contributed by atoms with Gasteiger partial charge < -0.3 is 14.8 Å². The van der Waals surface area contributed by atoms with E-state index in [0.29, 0.717) is 5.88 Å². The maximum Gasteiger partial charge on any atom is 0.239 e. The van der Waals surface area contributed by atoms with Crippen molar-refractivity contribution >= 4 is 5.69 Å². The van der Waals surface area contributed by atoms with Crippen molar-refractivity contribution in [2.45, 2.75) is 6.23 Å². The molecule has 1 aromatic carbocycles. The normalized spacial score (nSPS) is 16.9. The van der Waals surface area contributed by atoms with Gasteiger partial charge in [0.05, 0.1) is 7.11 Å². The molecule has 0 bridgehead atoms. The Bertz CT molecular complexity index is 500. The highest BCUT2D eigenvalue weighted by molar-refractivity contribution is 5.57. The highest BCUT2D eigenvalue weighted by Crippen LogP contribution is 2.35. The van der Waals surface area contributed by atoms with E-state index in [1.54, 1.807) is 13.3 Å². The minimum atomic E-state index is -0.175. The Morgan fingerprint density at radius 3 is 2.76 bits per heavy atom. The van der Waals surface area contributed by atoms with E-state index in [0.717, 1.165) is 17.0 Å². The molecule has 0 spiro atoms. The van der Waals surface area contributed by atoms with Gasteiger partial charge >= 0.3 is 0 Å². The lowest BCUT2D eigenvalue weighted by molar-refractivity contribution is 0.250. The molecule has 1 unspecified atom stereocenters. The van der Waals surface area contributed by atoms with E-state index in [4.69, 9.17) is 9.47 Å². The molecule has 0 amide bonds. The number of hydrogen-bond acceptors (Lipinski definition) is 4. The fraction of sp³-hybridized carbons (Fsp3) is 0.154. The SMILES string of the molecule is COc1ccc(C2Nc3cccnc3O2)cc1. The molecule has 2 heterocycles. The van der Waals surface area contributed by atoms with Crippen LogP contribution in [0.3, 0.4) is 0 Å². The molecule has 0 fully saturated rings. The molecule has 1 aliphatic heterocycles. The van der Waals surface area contributed by atoms with Crippen molar-refractivity contribution in [3.63, 3.8) is 0 Å². The first-order valence-corrected chi connectivity index (χ1v) is 5.39. The number of nitrogens with zero attached hydrogens (tertiary/aromatic N) is 1. The summed E-state index contributed by atoms with van der Waals surface area (Å²) >= 11 is 0. The van der Waals surface area contributed by atoms with E-state index in [1.807, 2.05) is 36.4 Å². The molecule has 0 saturated carbocycles. The predicted octanol–water partition coefficient (Wildman–Crippen LogP) is 2.59. The topological polar surface area (TPSA) is 43.4 Å². The van der Waals surface area contributed by atoms with Gasteiger partial charge in [-0.1, -0.05) is 0 Å². The molecule has 2 aromatic rings. The second-order valence-electron chi connectivity index (χ2n) is 3.77. The molecule has 4 heteroatoms. The molecular weight excluding hydrogens is 216 g/mol. The van der Waals surface area contributed by atoms with Gasteiger partial charge in [0.2, 0.25) is 5.88 Å². The van der Waals surface area contributed by atoms with Gasteiger partial charge in [-0.05, 0) is 36.4 Å². The number of anilines is 1. The fourth-order valence-electron chi connectivity index (χ4n) is 1.81. The van der Waals surface area contributed by atoms with Crippen LogP contribution in [0.1, 0.15) is 11.8 Å². The number of nitrogens with one attached hydrogen (secondary N) is 1. The van der Waals surface area contributed by atoms with Gasteiger partial charge in [-0.3, -0.25) is 0 Å². The van der Waals surface area contributed by atoms with Crippen molar-refractivity contribution in [1.29, 1.82) is 0 Å². The summed E-state index contributed by atoms with van der Waals surface area (Å²) in [6.45, 7) is 0. The predicted molar refractivity (Wildman–Crippen MR) is 64.2 cm³/mol. The molecule has 3 rings (SSSR count). The zero-order valence-corrected chi connectivity index (χ0v) is 9.38. The van der Waals surface area contributed by atoms with Gasteiger partial charge in [0, 0.05) is 11.8 Å². The average Bonchev–Trinajstić information content (AvgIpc) is 2.82. The van der Waals surface area contributed by atoms with Gasteiger partial charge in [0.1, 0.15) is 11.4 Å². The van der Waals surface area contributed by atoms with Crippen molar-refractivity contribution in [2.24, 2.45) is 0 Å². The lowest BCUT2D eigenvalue weighted by atomic mass is 10.2. The van der Waals surface area contributed by atoms with Crippen LogP contribution in [-0.4, -0.2) is 12.1 Å². The maximum atomic E-state index is 5.70. The summed E-state index contributed by atoms with van der Waals surface area (Å²) < 4.78 is 10.8. The van der Waals surface area contributed by atoms with Gasteiger partial charge in [-0.2, -0.15) is 0 Å². The minimum Gasteiger partial charge on any atom is -0.497 e. The second kappa shape index (κ2) is 3.97. The number of hydrogen-bond donors (Lipinski definition) is 1. The Morgan fingerprint density at radius 1 is 1.24 bits per heavy atom. The smallest absolute Gasteiger partial charge is 0.239 e. The standard InChI is InChI=1S/C13H12N2O2/c1-16-10-6-4-9(5-7-10)12-15-11-3-2-8-14-13(11)17-12/h2-8,12,15H,1H3. The van der Waals surface area contributed by atoms with Gasteiger partial charge in [-0.25, -0.2) is 4.98 Å². The summed E-state index contributed by atoms with van der Waals surface area (Å²) in [6, 6.07) is 11.6. The number of benzene rings is 1. The summed E-state index contributed by atoms with van der Waals surface area (Å²) in [4.78, 5) is 4.16. The number of ether oxygens (including phenoxy) is 2. The lowest BCUT2D eigenvalue weighted by Gasteiger charge is -2.11. The Balaban J connectivity index is 1.83. The first-order chi connectivity index (χ1) is 8.36. The zero-order valence-electron chi connectivity index (χ0n) is 9.38. The monoisotopic (exact) mass is 228 g/mol. The largest absolute Gasteiger partial charge is 0.497 e. The Hall–Kier alpha value is -2.23. The van der Waals surface area contributed by atoms with Crippen LogP contribution in [0.4, 0.5) is 5.69 Å². The van der Waals surface area contributed by atoms with E-state index in [1.165, 1.54) is 0 Å². The van der Waals surface area contributed by atoms with Crippen LogP contribution >= 0.6 is 0 Å². The van der Waals surface area contributed by atoms with E-state index < -0.39 is 0 Å². The van der Waals surface area contributed by atoms with Crippen LogP contribution in [0.5, 0.6) is 11.6 Å². The number of fused-ring (bicyclic) bond motifs is 1. The molecular formula is C13H12N2O2. The third-order valence-corrected chi connectivity index (χ3v) is 2.71. The number of rotatable bonds is 2. The van der Waals surface area contributed by atoms with Crippen molar-refractivity contribution in [2.75, 3.05) is 12.4 Å². The molecule has 4 nitrogen and oxygen atoms in total. The summed E-state index contributed by atoms with van der Waals surface area (Å²) in [5.74, 6) is 1.48. The molecule has 1 N–H and O–H groups in total. The van der Waals surface area contributed by atoms with E-state index in [9.17, 15) is 0 Å². The lowest BCUT2D eigenvalue weighted by Crippen LogP contribution is -2.09. The van der Waals surface area contributed by atoms with Crippen LogP contribution in [0, 0.1) is 0 Å². The summed E-state index contributed by atoms with van der Waals surface area (Å²) in [5, 5.41) is 3.26. The van der Waals surface area contributed by atoms with Crippen LogP contribution in [0.15, 0.2) is 42.6 Å². The Kier molecular flexibility index (Phi) is 2.33. The Morgan fingerprint density at radius 2 is 2.06 bits per heavy atom. The van der Waals surface area contributed by atoms with Crippen LogP contribution in [0.25, 0.3) is 0 Å². The third-order valence-electron chi connectivity index (χ3n) is 2.71. The van der Waals surface area contributed by atoms with Crippen molar-refractivity contribution in [1.82, 2.24) is 4.98 Å². The number of pyridine rings is 1. The molecule has 1 aliphatic rings. The summed E-state index contributed by atoms with van der Waals surface area (Å²) in [5.41, 5.74) is 1.97. The van der Waals surface area contributed by atoms with E-state index in [2.05, 4.69) is 10.3 Å². The molecule has 0 radical (unpaired) electrons.